The normalized spacial score (nSPS) is 10.9. The van der Waals surface area contributed by atoms with Gasteiger partial charge in [-0.25, -0.2) is 0 Å². The van der Waals surface area contributed by atoms with Crippen LogP contribution >= 0.6 is 33.9 Å². The smallest absolute Gasteiger partial charge is 0.148 e. The van der Waals surface area contributed by atoms with E-state index in [0.29, 0.717) is 0 Å². The number of halogens is 1. The quantitative estimate of drug-likeness (QED) is 0.607. The molecule has 102 valence electrons. The zero-order valence-electron chi connectivity index (χ0n) is 11.2. The molecule has 2 rings (SSSR count). The van der Waals surface area contributed by atoms with Crippen LogP contribution in [0.2, 0.25) is 0 Å². The van der Waals surface area contributed by atoms with E-state index in [1.165, 1.54) is 14.7 Å². The van der Waals surface area contributed by atoms with Gasteiger partial charge in [-0.15, -0.1) is 10.2 Å². The first-order chi connectivity index (χ1) is 9.22. The summed E-state index contributed by atoms with van der Waals surface area (Å²) in [7, 11) is 0. The molecule has 2 aromatic rings. The molecule has 0 bridgehead atoms. The molecule has 1 aromatic carbocycles. The number of nitrogens with zero attached hydrogens (tertiary/aromatic N) is 2. The van der Waals surface area contributed by atoms with Crippen LogP contribution in [0.4, 0.5) is 0 Å². The molecule has 1 heterocycles. The summed E-state index contributed by atoms with van der Waals surface area (Å²) in [5.74, 6) is 0. The highest BCUT2D eigenvalue weighted by Gasteiger charge is 2.10. The van der Waals surface area contributed by atoms with Crippen molar-refractivity contribution in [3.63, 3.8) is 0 Å². The maximum Gasteiger partial charge on any atom is 0.148 e. The van der Waals surface area contributed by atoms with Gasteiger partial charge < -0.3 is 5.32 Å². The number of aryl methyl sites for hydroxylation is 2. The number of rotatable bonds is 6. The molecular weight excluding hydrogens is 369 g/mol. The summed E-state index contributed by atoms with van der Waals surface area (Å²) in [4.78, 5) is 0. The summed E-state index contributed by atoms with van der Waals surface area (Å²) in [6, 6.07) is 6.33. The van der Waals surface area contributed by atoms with Gasteiger partial charge in [0.1, 0.15) is 10.0 Å². The summed E-state index contributed by atoms with van der Waals surface area (Å²) < 4.78 is 1.27. The minimum atomic E-state index is 1.01. The molecule has 5 heteroatoms. The van der Waals surface area contributed by atoms with Crippen LogP contribution in [0.3, 0.4) is 0 Å². The molecule has 0 unspecified atom stereocenters. The Morgan fingerprint density at radius 1 is 1.32 bits per heavy atom. The fourth-order valence-corrected chi connectivity index (χ4v) is 3.53. The monoisotopic (exact) mass is 387 g/mol. The average Bonchev–Trinajstić information content (AvgIpc) is 2.87. The van der Waals surface area contributed by atoms with E-state index in [1.807, 2.05) is 0 Å². The maximum absolute atomic E-state index is 4.33. The van der Waals surface area contributed by atoms with Gasteiger partial charge in [0.15, 0.2) is 0 Å². The van der Waals surface area contributed by atoms with Gasteiger partial charge in [0.2, 0.25) is 0 Å². The lowest BCUT2D eigenvalue weighted by Gasteiger charge is -2.02. The molecule has 3 nitrogen and oxygen atoms in total. The Morgan fingerprint density at radius 2 is 2.16 bits per heavy atom. The fourth-order valence-electron chi connectivity index (χ4n) is 1.82. The van der Waals surface area contributed by atoms with Gasteiger partial charge in [-0.1, -0.05) is 36.5 Å². The Hall–Kier alpha value is -0.530. The van der Waals surface area contributed by atoms with Crippen LogP contribution in [0.15, 0.2) is 18.2 Å². The molecule has 0 saturated carbocycles. The number of aromatic nitrogens is 2. The van der Waals surface area contributed by atoms with Gasteiger partial charge in [-0.3, -0.25) is 0 Å². The van der Waals surface area contributed by atoms with E-state index < -0.39 is 0 Å². The molecule has 0 atom stereocenters. The van der Waals surface area contributed by atoms with Gasteiger partial charge in [0.05, 0.1) is 0 Å². The molecule has 1 aromatic heterocycles. The highest BCUT2D eigenvalue weighted by Crippen LogP contribution is 2.30. The average molecular weight is 387 g/mol. The van der Waals surface area contributed by atoms with Crippen LogP contribution in [0.1, 0.15) is 23.9 Å². The van der Waals surface area contributed by atoms with Crippen molar-refractivity contribution in [2.45, 2.75) is 26.7 Å². The molecule has 0 aliphatic carbocycles. The zero-order chi connectivity index (χ0) is 13.7. The molecule has 0 amide bonds. The summed E-state index contributed by atoms with van der Waals surface area (Å²) in [5.41, 5.74) is 2.50. The molecule has 0 spiro atoms. The third-order valence-corrected chi connectivity index (χ3v) is 5.33. The second-order valence-electron chi connectivity index (χ2n) is 4.39. The molecule has 0 aliphatic rings. The predicted molar refractivity (Wildman–Crippen MR) is 89.7 cm³/mol. The summed E-state index contributed by atoms with van der Waals surface area (Å²) in [5, 5.41) is 14.1. The molecule has 1 N–H and O–H groups in total. The first kappa shape index (κ1) is 14.9. The Kier molecular flexibility index (Phi) is 5.72. The van der Waals surface area contributed by atoms with Crippen LogP contribution in [0.5, 0.6) is 0 Å². The van der Waals surface area contributed by atoms with Crippen molar-refractivity contribution < 1.29 is 0 Å². The van der Waals surface area contributed by atoms with E-state index in [1.54, 1.807) is 11.3 Å². The predicted octanol–water partition coefficient (Wildman–Crippen LogP) is 3.66. The minimum Gasteiger partial charge on any atom is -0.317 e. The van der Waals surface area contributed by atoms with E-state index in [0.717, 1.165) is 35.9 Å². The van der Waals surface area contributed by atoms with Crippen molar-refractivity contribution in [3.05, 3.63) is 32.3 Å². The van der Waals surface area contributed by atoms with Gasteiger partial charge in [0.25, 0.3) is 0 Å². The van der Waals surface area contributed by atoms with Crippen LogP contribution in [0, 0.1) is 10.5 Å². The number of hydrogen-bond acceptors (Lipinski definition) is 4. The van der Waals surface area contributed by atoms with E-state index in [9.17, 15) is 0 Å². The molecule has 0 fully saturated rings. The maximum atomic E-state index is 4.33. The first-order valence-corrected chi connectivity index (χ1v) is 8.40. The fraction of sp³-hybridized carbons (Fsp3) is 0.429. The molecule has 0 saturated heterocycles. The molecule has 0 aliphatic heterocycles. The van der Waals surface area contributed by atoms with E-state index in [2.05, 4.69) is 70.2 Å². The number of nitrogens with one attached hydrogen (secondary N) is 1. The van der Waals surface area contributed by atoms with Crippen molar-refractivity contribution in [2.75, 3.05) is 13.1 Å². The standard InChI is InChI=1S/C14H18IN3S/c1-3-16-9-5-8-12-17-18-14(19-12)11-7-4-6-10(2)13(11)15/h4,6-7,16H,3,5,8-9H2,1-2H3. The number of benzene rings is 1. The lowest BCUT2D eigenvalue weighted by molar-refractivity contribution is 0.669. The topological polar surface area (TPSA) is 37.8 Å². The van der Waals surface area contributed by atoms with Crippen molar-refractivity contribution in [1.29, 1.82) is 0 Å². The van der Waals surface area contributed by atoms with Gasteiger partial charge >= 0.3 is 0 Å². The van der Waals surface area contributed by atoms with Crippen molar-refractivity contribution in [1.82, 2.24) is 15.5 Å². The van der Waals surface area contributed by atoms with Gasteiger partial charge in [-0.05, 0) is 54.6 Å². The summed E-state index contributed by atoms with van der Waals surface area (Å²) >= 11 is 4.10. The Morgan fingerprint density at radius 3 is 2.95 bits per heavy atom. The van der Waals surface area contributed by atoms with Crippen molar-refractivity contribution in [3.8, 4) is 10.6 Å². The minimum absolute atomic E-state index is 1.01. The molecule has 19 heavy (non-hydrogen) atoms. The second kappa shape index (κ2) is 7.31. The zero-order valence-corrected chi connectivity index (χ0v) is 14.2. The van der Waals surface area contributed by atoms with Gasteiger partial charge in [-0.2, -0.15) is 0 Å². The van der Waals surface area contributed by atoms with E-state index in [4.69, 9.17) is 0 Å². The van der Waals surface area contributed by atoms with Crippen LogP contribution in [0.25, 0.3) is 10.6 Å². The third kappa shape index (κ3) is 3.97. The summed E-state index contributed by atoms with van der Waals surface area (Å²) in [6.45, 7) is 6.34. The van der Waals surface area contributed by atoms with Crippen LogP contribution in [-0.4, -0.2) is 23.3 Å². The summed E-state index contributed by atoms with van der Waals surface area (Å²) in [6.07, 6.45) is 2.13. The third-order valence-electron chi connectivity index (χ3n) is 2.88. The lowest BCUT2D eigenvalue weighted by atomic mass is 10.1. The highest BCUT2D eigenvalue weighted by atomic mass is 127. The molecular formula is C14H18IN3S. The second-order valence-corrected chi connectivity index (χ2v) is 6.54. The first-order valence-electron chi connectivity index (χ1n) is 6.51. The Bertz CT molecular complexity index is 539. The number of hydrogen-bond donors (Lipinski definition) is 1. The Labute approximate surface area is 132 Å². The lowest BCUT2D eigenvalue weighted by Crippen LogP contribution is -2.14. The van der Waals surface area contributed by atoms with E-state index >= 15 is 0 Å². The van der Waals surface area contributed by atoms with Crippen molar-refractivity contribution >= 4 is 33.9 Å². The van der Waals surface area contributed by atoms with Gasteiger partial charge in [0, 0.05) is 15.6 Å². The van der Waals surface area contributed by atoms with Crippen LogP contribution in [-0.2, 0) is 6.42 Å². The van der Waals surface area contributed by atoms with Crippen molar-refractivity contribution in [2.24, 2.45) is 0 Å². The largest absolute Gasteiger partial charge is 0.317 e. The van der Waals surface area contributed by atoms with E-state index in [-0.39, 0.29) is 0 Å². The highest BCUT2D eigenvalue weighted by molar-refractivity contribution is 14.1. The Balaban J connectivity index is 2.06. The van der Waals surface area contributed by atoms with Crippen LogP contribution < -0.4 is 5.32 Å². The SMILES string of the molecule is CCNCCCc1nnc(-c2cccc(C)c2I)s1. The molecule has 0 radical (unpaired) electrons.